The summed E-state index contributed by atoms with van der Waals surface area (Å²) in [6.45, 7) is 19.5. The third kappa shape index (κ3) is 3.11. The van der Waals surface area contributed by atoms with E-state index in [4.69, 9.17) is 0 Å². The summed E-state index contributed by atoms with van der Waals surface area (Å²) in [5.41, 5.74) is 1.04. The first-order chi connectivity index (χ1) is 8.10. The second kappa shape index (κ2) is 5.55. The Kier molecular flexibility index (Phi) is 4.95. The van der Waals surface area contributed by atoms with E-state index in [1.54, 1.807) is 0 Å². The van der Waals surface area contributed by atoms with Crippen LogP contribution in [0, 0.1) is 34.5 Å². The molecule has 108 valence electrons. The van der Waals surface area contributed by atoms with Crippen LogP contribution in [0.1, 0.15) is 81.1 Å². The highest BCUT2D eigenvalue weighted by atomic mass is 14.4. The maximum Gasteiger partial charge on any atom is -0.0303 e. The van der Waals surface area contributed by atoms with Crippen LogP contribution in [-0.2, 0) is 0 Å². The first-order valence-electron chi connectivity index (χ1n) is 8.10. The van der Waals surface area contributed by atoms with Crippen LogP contribution in [0.15, 0.2) is 0 Å². The highest BCUT2D eigenvalue weighted by Gasteiger charge is 2.40. The molecule has 0 heterocycles. The minimum absolute atomic E-state index is 0.521. The highest BCUT2D eigenvalue weighted by Crippen LogP contribution is 2.49. The monoisotopic (exact) mass is 252 g/mol. The molecule has 1 aliphatic carbocycles. The van der Waals surface area contributed by atoms with E-state index in [1.807, 2.05) is 0 Å². The molecule has 0 unspecified atom stereocenters. The van der Waals surface area contributed by atoms with Gasteiger partial charge in [-0.1, -0.05) is 55.4 Å². The second-order valence-electron chi connectivity index (χ2n) is 8.50. The molecule has 0 saturated heterocycles. The van der Waals surface area contributed by atoms with Crippen molar-refractivity contribution in [1.82, 2.24) is 0 Å². The Labute approximate surface area is 116 Å². The van der Waals surface area contributed by atoms with Crippen LogP contribution in [0.4, 0.5) is 0 Å². The van der Waals surface area contributed by atoms with E-state index < -0.39 is 0 Å². The normalized spacial score (nSPS) is 27.0. The van der Waals surface area contributed by atoms with Crippen molar-refractivity contribution in [2.75, 3.05) is 0 Å². The van der Waals surface area contributed by atoms with Gasteiger partial charge in [-0.05, 0) is 60.2 Å². The van der Waals surface area contributed by atoms with Gasteiger partial charge in [0.05, 0.1) is 0 Å². The zero-order valence-corrected chi connectivity index (χ0v) is 14.1. The van der Waals surface area contributed by atoms with Crippen LogP contribution in [0.25, 0.3) is 0 Å². The molecule has 0 amide bonds. The summed E-state index contributed by atoms with van der Waals surface area (Å²) in [5.74, 6) is 3.49. The van der Waals surface area contributed by atoms with Gasteiger partial charge < -0.3 is 0 Å². The molecule has 18 heavy (non-hydrogen) atoms. The van der Waals surface area contributed by atoms with E-state index in [0.29, 0.717) is 10.8 Å². The van der Waals surface area contributed by atoms with Crippen LogP contribution >= 0.6 is 0 Å². The molecule has 0 bridgehead atoms. The molecular weight excluding hydrogens is 216 g/mol. The van der Waals surface area contributed by atoms with E-state index >= 15 is 0 Å². The highest BCUT2D eigenvalue weighted by molar-refractivity contribution is 4.90. The summed E-state index contributed by atoms with van der Waals surface area (Å²) in [4.78, 5) is 0. The van der Waals surface area contributed by atoms with Crippen molar-refractivity contribution >= 4 is 0 Å². The molecular formula is C18H36. The molecule has 0 aliphatic heterocycles. The maximum absolute atomic E-state index is 2.48. The lowest BCUT2D eigenvalue weighted by Crippen LogP contribution is -2.37. The quantitative estimate of drug-likeness (QED) is 0.562. The van der Waals surface area contributed by atoms with Crippen LogP contribution in [0.2, 0.25) is 0 Å². The third-order valence-electron chi connectivity index (χ3n) is 6.81. The maximum atomic E-state index is 2.48. The molecule has 0 aromatic heterocycles. The van der Waals surface area contributed by atoms with Crippen molar-refractivity contribution in [3.8, 4) is 0 Å². The van der Waals surface area contributed by atoms with Gasteiger partial charge in [0.2, 0.25) is 0 Å². The van der Waals surface area contributed by atoms with Crippen molar-refractivity contribution in [2.24, 2.45) is 34.5 Å². The summed E-state index contributed by atoms with van der Waals surface area (Å²) in [5, 5.41) is 0. The van der Waals surface area contributed by atoms with Crippen molar-refractivity contribution in [3.05, 3.63) is 0 Å². The lowest BCUT2D eigenvalue weighted by molar-refractivity contribution is 0.0343. The Balaban J connectivity index is 2.62. The molecule has 1 fully saturated rings. The van der Waals surface area contributed by atoms with E-state index in [0.717, 1.165) is 23.7 Å². The average Bonchev–Trinajstić information content (AvgIpc) is 2.28. The molecule has 0 nitrogen and oxygen atoms in total. The predicted molar refractivity (Wildman–Crippen MR) is 82.7 cm³/mol. The molecule has 0 aromatic rings. The van der Waals surface area contributed by atoms with Gasteiger partial charge in [-0.15, -0.1) is 0 Å². The topological polar surface area (TPSA) is 0 Å². The fraction of sp³-hybridized carbons (Fsp3) is 1.00. The summed E-state index contributed by atoms with van der Waals surface area (Å²) in [6.07, 6.45) is 5.80. The summed E-state index contributed by atoms with van der Waals surface area (Å²) >= 11 is 0. The zero-order valence-electron chi connectivity index (χ0n) is 14.1. The molecule has 1 aliphatic rings. The first-order valence-corrected chi connectivity index (χ1v) is 8.10. The van der Waals surface area contributed by atoms with E-state index in [1.165, 1.54) is 25.7 Å². The molecule has 0 spiro atoms. The smallest absolute Gasteiger partial charge is 0.0303 e. The largest absolute Gasteiger partial charge is 0.0623 e. The van der Waals surface area contributed by atoms with Gasteiger partial charge in [0.1, 0.15) is 0 Å². The molecule has 1 saturated carbocycles. The summed E-state index contributed by atoms with van der Waals surface area (Å²) in [6, 6.07) is 0. The Morgan fingerprint density at radius 2 is 0.833 bits per heavy atom. The standard InChI is InChI=1S/C18H36/c1-13(2)17(5,6)15-9-11-16(12-10-15)18(7,8)14(3)4/h13-16H,9-12H2,1-8H3. The van der Waals surface area contributed by atoms with Gasteiger partial charge in [0.25, 0.3) is 0 Å². The molecule has 0 aromatic carbocycles. The Hall–Kier alpha value is 0. The van der Waals surface area contributed by atoms with Gasteiger partial charge in [-0.2, -0.15) is 0 Å². The van der Waals surface area contributed by atoms with Gasteiger partial charge in [0, 0.05) is 0 Å². The van der Waals surface area contributed by atoms with Crippen molar-refractivity contribution in [2.45, 2.75) is 81.1 Å². The summed E-state index contributed by atoms with van der Waals surface area (Å²) in [7, 11) is 0. The third-order valence-corrected chi connectivity index (χ3v) is 6.81. The Bertz CT molecular complexity index is 221. The average molecular weight is 252 g/mol. The number of hydrogen-bond acceptors (Lipinski definition) is 0. The van der Waals surface area contributed by atoms with Crippen molar-refractivity contribution in [1.29, 1.82) is 0 Å². The zero-order chi connectivity index (χ0) is 14.1. The van der Waals surface area contributed by atoms with Crippen LogP contribution in [0.5, 0.6) is 0 Å². The van der Waals surface area contributed by atoms with Gasteiger partial charge in [-0.3, -0.25) is 0 Å². The van der Waals surface area contributed by atoms with Gasteiger partial charge in [-0.25, -0.2) is 0 Å². The minimum Gasteiger partial charge on any atom is -0.0623 e. The van der Waals surface area contributed by atoms with Crippen molar-refractivity contribution < 1.29 is 0 Å². The van der Waals surface area contributed by atoms with E-state index in [-0.39, 0.29) is 0 Å². The number of rotatable bonds is 4. The van der Waals surface area contributed by atoms with Gasteiger partial charge in [0.15, 0.2) is 0 Å². The lowest BCUT2D eigenvalue weighted by Gasteiger charge is -2.47. The van der Waals surface area contributed by atoms with Crippen LogP contribution in [-0.4, -0.2) is 0 Å². The SMILES string of the molecule is CC(C)C(C)(C)C1CCC(C(C)(C)C(C)C)CC1. The first kappa shape index (κ1) is 16.1. The van der Waals surface area contributed by atoms with Crippen LogP contribution in [0.3, 0.4) is 0 Å². The molecule has 0 heteroatoms. The molecule has 1 rings (SSSR count). The van der Waals surface area contributed by atoms with Crippen LogP contribution < -0.4 is 0 Å². The molecule has 0 radical (unpaired) electrons. The lowest BCUT2D eigenvalue weighted by atomic mass is 9.59. The second-order valence-corrected chi connectivity index (χ2v) is 8.50. The number of hydrogen-bond donors (Lipinski definition) is 0. The predicted octanol–water partition coefficient (Wildman–Crippen LogP) is 6.16. The Morgan fingerprint density at radius 3 is 1.00 bits per heavy atom. The minimum atomic E-state index is 0.521. The fourth-order valence-electron chi connectivity index (χ4n) is 3.52. The fourth-order valence-corrected chi connectivity index (χ4v) is 3.52. The molecule has 0 N–H and O–H groups in total. The van der Waals surface area contributed by atoms with Gasteiger partial charge >= 0.3 is 0 Å². The Morgan fingerprint density at radius 1 is 0.611 bits per heavy atom. The molecule has 0 atom stereocenters. The van der Waals surface area contributed by atoms with E-state index in [9.17, 15) is 0 Å². The van der Waals surface area contributed by atoms with E-state index in [2.05, 4.69) is 55.4 Å². The summed E-state index contributed by atoms with van der Waals surface area (Å²) < 4.78 is 0. The van der Waals surface area contributed by atoms with Crippen molar-refractivity contribution in [3.63, 3.8) is 0 Å².